The molecule has 0 heterocycles. The van der Waals surface area contributed by atoms with Crippen molar-refractivity contribution in [2.24, 2.45) is 5.92 Å². The van der Waals surface area contributed by atoms with Crippen molar-refractivity contribution in [1.82, 2.24) is 5.32 Å². The Labute approximate surface area is 107 Å². The van der Waals surface area contributed by atoms with Crippen LogP contribution in [0.1, 0.15) is 36.8 Å². The lowest BCUT2D eigenvalue weighted by Crippen LogP contribution is -2.23. The van der Waals surface area contributed by atoms with Gasteiger partial charge in [-0.3, -0.25) is 0 Å². The molecule has 0 saturated heterocycles. The third-order valence-electron chi connectivity index (χ3n) is 4.34. The number of nitrogens with one attached hydrogen (secondary N) is 1. The summed E-state index contributed by atoms with van der Waals surface area (Å²) in [5.41, 5.74) is 1.60. The maximum Gasteiger partial charge on any atom is 0.276 e. The number of halogens is 2. The summed E-state index contributed by atoms with van der Waals surface area (Å²) in [6.07, 6.45) is 3.65. The molecule has 2 aliphatic carbocycles. The topological polar surface area (TPSA) is 12.0 Å². The number of benzene rings is 1. The van der Waals surface area contributed by atoms with Crippen molar-refractivity contribution in [3.8, 4) is 0 Å². The summed E-state index contributed by atoms with van der Waals surface area (Å²) < 4.78 is 27.8. The molecule has 98 valence electrons. The molecule has 0 spiro atoms. The van der Waals surface area contributed by atoms with Crippen molar-refractivity contribution in [3.05, 3.63) is 35.4 Å². The average Bonchev–Trinajstić information content (AvgIpc) is 3.24. The second kappa shape index (κ2) is 4.02. The van der Waals surface area contributed by atoms with E-state index in [1.807, 2.05) is 19.2 Å². The highest BCUT2D eigenvalue weighted by Gasteiger charge is 2.48. The largest absolute Gasteiger partial charge is 0.319 e. The average molecular weight is 251 g/mol. The first kappa shape index (κ1) is 12.1. The van der Waals surface area contributed by atoms with Crippen molar-refractivity contribution in [2.75, 3.05) is 13.6 Å². The van der Waals surface area contributed by atoms with Gasteiger partial charge in [0, 0.05) is 23.4 Å². The first-order valence-corrected chi connectivity index (χ1v) is 6.72. The van der Waals surface area contributed by atoms with Crippen LogP contribution in [0.15, 0.2) is 24.3 Å². The molecule has 2 aliphatic rings. The number of alkyl halides is 2. The van der Waals surface area contributed by atoms with Gasteiger partial charge in [-0.25, -0.2) is 8.78 Å². The van der Waals surface area contributed by atoms with Crippen molar-refractivity contribution in [3.63, 3.8) is 0 Å². The van der Waals surface area contributed by atoms with Gasteiger partial charge in [-0.05, 0) is 38.3 Å². The molecule has 1 nitrogen and oxygen atoms in total. The van der Waals surface area contributed by atoms with Gasteiger partial charge < -0.3 is 5.32 Å². The first-order chi connectivity index (χ1) is 8.58. The molecule has 0 atom stereocenters. The van der Waals surface area contributed by atoms with E-state index in [-0.39, 0.29) is 11.0 Å². The summed E-state index contributed by atoms with van der Waals surface area (Å²) >= 11 is 0. The third-order valence-corrected chi connectivity index (χ3v) is 4.34. The van der Waals surface area contributed by atoms with Gasteiger partial charge in [0.1, 0.15) is 0 Å². The van der Waals surface area contributed by atoms with Crippen LogP contribution in [0.4, 0.5) is 8.78 Å². The van der Waals surface area contributed by atoms with Crippen LogP contribution in [0, 0.1) is 5.92 Å². The molecule has 3 heteroatoms. The lowest BCUT2D eigenvalue weighted by atomic mass is 9.93. The Hall–Kier alpha value is -0.960. The molecule has 3 rings (SSSR count). The minimum absolute atomic E-state index is 0.189. The van der Waals surface area contributed by atoms with E-state index in [1.165, 1.54) is 5.56 Å². The third kappa shape index (κ3) is 1.95. The summed E-state index contributed by atoms with van der Waals surface area (Å²) in [6, 6.07) is 7.05. The maximum absolute atomic E-state index is 13.9. The highest BCUT2D eigenvalue weighted by molar-refractivity contribution is 5.36. The molecule has 0 radical (unpaired) electrons. The Morgan fingerprint density at radius 1 is 1.22 bits per heavy atom. The van der Waals surface area contributed by atoms with Crippen LogP contribution in [0.5, 0.6) is 0 Å². The van der Waals surface area contributed by atoms with E-state index < -0.39 is 11.8 Å². The summed E-state index contributed by atoms with van der Waals surface area (Å²) in [4.78, 5) is 0. The van der Waals surface area contributed by atoms with Crippen LogP contribution >= 0.6 is 0 Å². The lowest BCUT2D eigenvalue weighted by Gasteiger charge is -2.19. The predicted molar refractivity (Wildman–Crippen MR) is 67.9 cm³/mol. The number of hydrogen-bond donors (Lipinski definition) is 1. The molecule has 0 bridgehead atoms. The van der Waals surface area contributed by atoms with Crippen molar-refractivity contribution in [1.29, 1.82) is 0 Å². The first-order valence-electron chi connectivity index (χ1n) is 6.72. The SMILES string of the molecule is CNCC1(c2ccc(C(F)(F)C3CC3)cc2)CC1. The van der Waals surface area contributed by atoms with Crippen molar-refractivity contribution < 1.29 is 8.78 Å². The molecule has 0 aliphatic heterocycles. The van der Waals surface area contributed by atoms with Gasteiger partial charge >= 0.3 is 0 Å². The summed E-state index contributed by atoms with van der Waals surface area (Å²) in [5.74, 6) is -3.05. The van der Waals surface area contributed by atoms with Crippen molar-refractivity contribution in [2.45, 2.75) is 37.0 Å². The second-order valence-corrected chi connectivity index (χ2v) is 5.79. The van der Waals surface area contributed by atoms with Crippen LogP contribution in [0.2, 0.25) is 0 Å². The fraction of sp³-hybridized carbons (Fsp3) is 0.600. The van der Waals surface area contributed by atoms with E-state index in [1.54, 1.807) is 12.1 Å². The van der Waals surface area contributed by atoms with Crippen LogP contribution < -0.4 is 5.32 Å². The smallest absolute Gasteiger partial charge is 0.276 e. The molecule has 1 aromatic rings. The normalized spacial score (nSPS) is 21.9. The monoisotopic (exact) mass is 251 g/mol. The molecule has 2 fully saturated rings. The maximum atomic E-state index is 13.9. The Balaban J connectivity index is 1.81. The zero-order valence-electron chi connectivity index (χ0n) is 10.7. The quantitative estimate of drug-likeness (QED) is 0.845. The predicted octanol–water partition coefficient (Wildman–Crippen LogP) is 3.44. The zero-order valence-corrected chi connectivity index (χ0v) is 10.7. The fourth-order valence-corrected chi connectivity index (χ4v) is 2.78. The Bertz CT molecular complexity index is 430. The van der Waals surface area contributed by atoms with E-state index in [0.29, 0.717) is 12.8 Å². The fourth-order valence-electron chi connectivity index (χ4n) is 2.78. The molecule has 0 amide bonds. The number of hydrogen-bond acceptors (Lipinski definition) is 1. The van der Waals surface area contributed by atoms with E-state index in [4.69, 9.17) is 0 Å². The molecule has 1 aromatic carbocycles. The minimum atomic E-state index is -2.63. The van der Waals surface area contributed by atoms with Crippen LogP contribution in [0.25, 0.3) is 0 Å². The summed E-state index contributed by atoms with van der Waals surface area (Å²) in [7, 11) is 1.94. The zero-order chi connectivity index (χ0) is 12.8. The van der Waals surface area contributed by atoms with Gasteiger partial charge in [0.25, 0.3) is 5.92 Å². The molecule has 2 saturated carbocycles. The Morgan fingerprint density at radius 2 is 1.83 bits per heavy atom. The Kier molecular flexibility index (Phi) is 2.70. The van der Waals surface area contributed by atoms with Gasteiger partial charge in [0.2, 0.25) is 0 Å². The van der Waals surface area contributed by atoms with Gasteiger partial charge in [-0.15, -0.1) is 0 Å². The molecule has 1 N–H and O–H groups in total. The van der Waals surface area contributed by atoms with Gasteiger partial charge in [0.05, 0.1) is 0 Å². The summed E-state index contributed by atoms with van der Waals surface area (Å²) in [5, 5.41) is 3.19. The summed E-state index contributed by atoms with van der Waals surface area (Å²) in [6.45, 7) is 0.936. The van der Waals surface area contributed by atoms with Crippen LogP contribution in [-0.4, -0.2) is 13.6 Å². The van der Waals surface area contributed by atoms with E-state index in [2.05, 4.69) is 5.32 Å². The molecular weight excluding hydrogens is 232 g/mol. The highest BCUT2D eigenvalue weighted by atomic mass is 19.3. The van der Waals surface area contributed by atoms with Gasteiger partial charge in [0.15, 0.2) is 0 Å². The molecule has 0 aromatic heterocycles. The molecule has 0 unspecified atom stereocenters. The Morgan fingerprint density at radius 3 is 2.28 bits per heavy atom. The standard InChI is InChI=1S/C15H19F2N/c1-18-10-14(8-9-14)11-2-4-12(5-3-11)15(16,17)13-6-7-13/h2-5,13,18H,6-10H2,1H3. The van der Waals surface area contributed by atoms with E-state index >= 15 is 0 Å². The number of rotatable bonds is 5. The molecular formula is C15H19F2N. The second-order valence-electron chi connectivity index (χ2n) is 5.79. The lowest BCUT2D eigenvalue weighted by molar-refractivity contribution is -0.0285. The number of likely N-dealkylation sites (N-methyl/N-ethyl adjacent to an activating group) is 1. The van der Waals surface area contributed by atoms with Gasteiger partial charge in [-0.1, -0.05) is 24.3 Å². The van der Waals surface area contributed by atoms with E-state index in [0.717, 1.165) is 19.4 Å². The van der Waals surface area contributed by atoms with Crippen LogP contribution in [0.3, 0.4) is 0 Å². The van der Waals surface area contributed by atoms with Crippen molar-refractivity contribution >= 4 is 0 Å². The molecule has 18 heavy (non-hydrogen) atoms. The highest BCUT2D eigenvalue weighted by Crippen LogP contribution is 2.51. The minimum Gasteiger partial charge on any atom is -0.319 e. The van der Waals surface area contributed by atoms with Gasteiger partial charge in [-0.2, -0.15) is 0 Å². The van der Waals surface area contributed by atoms with Crippen LogP contribution in [-0.2, 0) is 11.3 Å². The van der Waals surface area contributed by atoms with E-state index in [9.17, 15) is 8.78 Å².